The quantitative estimate of drug-likeness (QED) is 0.346. The van der Waals surface area contributed by atoms with E-state index in [1.807, 2.05) is 19.9 Å². The number of esters is 1. The van der Waals surface area contributed by atoms with Crippen molar-refractivity contribution in [3.05, 3.63) is 64.8 Å². The van der Waals surface area contributed by atoms with E-state index in [-0.39, 0.29) is 19.3 Å². The maximum absolute atomic E-state index is 14.5. The number of alkyl halides is 2. The Morgan fingerprint density at radius 2 is 1.73 bits per heavy atom. The number of aromatic nitrogens is 1. The normalized spacial score (nSPS) is 19.5. The first-order chi connectivity index (χ1) is 17.3. The Morgan fingerprint density at radius 1 is 1.05 bits per heavy atom. The summed E-state index contributed by atoms with van der Waals surface area (Å²) in [5, 5.41) is 0.723. The molecule has 2 aromatic carbocycles. The lowest BCUT2D eigenvalue weighted by molar-refractivity contribution is -0.0685. The minimum absolute atomic E-state index is 0.165. The number of methoxy groups -OCH3 is 1. The van der Waals surface area contributed by atoms with Crippen LogP contribution >= 0.6 is 0 Å². The van der Waals surface area contributed by atoms with Gasteiger partial charge in [-0.05, 0) is 75.9 Å². The third-order valence-corrected chi connectivity index (χ3v) is 6.68. The zero-order valence-corrected chi connectivity index (χ0v) is 22.1. The molecule has 1 fully saturated rings. The van der Waals surface area contributed by atoms with E-state index in [0.29, 0.717) is 22.4 Å². The van der Waals surface area contributed by atoms with E-state index in [1.54, 1.807) is 57.3 Å². The highest BCUT2D eigenvalue weighted by Crippen LogP contribution is 2.45. The van der Waals surface area contributed by atoms with Crippen LogP contribution in [0.3, 0.4) is 0 Å². The van der Waals surface area contributed by atoms with E-state index < -0.39 is 35.6 Å². The van der Waals surface area contributed by atoms with Crippen molar-refractivity contribution in [2.45, 2.75) is 77.4 Å². The first-order valence-corrected chi connectivity index (χ1v) is 12.4. The van der Waals surface area contributed by atoms with E-state index in [9.17, 15) is 18.4 Å². The second kappa shape index (κ2) is 9.80. The fraction of sp³-hybridized carbons (Fsp3) is 0.448. The lowest BCUT2D eigenvalue weighted by atomic mass is 9.79. The van der Waals surface area contributed by atoms with E-state index >= 15 is 0 Å². The van der Waals surface area contributed by atoms with Crippen LogP contribution in [-0.2, 0) is 9.47 Å². The fourth-order valence-corrected chi connectivity index (χ4v) is 5.03. The number of aryl methyl sites for hydroxylation is 2. The SMILES string of the molecule is COC(=O)c1ccc(C2CC(F)(F)CC[C@H]2Oc2c(C)cc(C)c3c2ccn3C(=O)OC(C)(C)C)cc1. The van der Waals surface area contributed by atoms with Crippen LogP contribution < -0.4 is 4.74 Å². The van der Waals surface area contributed by atoms with Gasteiger partial charge in [-0.1, -0.05) is 18.2 Å². The van der Waals surface area contributed by atoms with E-state index in [4.69, 9.17) is 14.2 Å². The molecule has 3 aromatic rings. The summed E-state index contributed by atoms with van der Waals surface area (Å²) in [6.45, 7) is 9.23. The Labute approximate surface area is 215 Å². The minimum atomic E-state index is -2.82. The van der Waals surface area contributed by atoms with Crippen molar-refractivity contribution in [2.24, 2.45) is 0 Å². The third kappa shape index (κ3) is 5.63. The third-order valence-electron chi connectivity index (χ3n) is 6.68. The maximum atomic E-state index is 14.5. The van der Waals surface area contributed by atoms with Crippen LogP contribution in [0.5, 0.6) is 5.75 Å². The molecule has 1 aliphatic carbocycles. The number of hydrogen-bond donors (Lipinski definition) is 0. The van der Waals surface area contributed by atoms with Gasteiger partial charge in [-0.25, -0.2) is 18.4 Å². The smallest absolute Gasteiger partial charge is 0.419 e. The molecule has 4 rings (SSSR count). The zero-order valence-electron chi connectivity index (χ0n) is 22.1. The molecule has 6 nitrogen and oxygen atoms in total. The van der Waals surface area contributed by atoms with Crippen molar-refractivity contribution < 1.29 is 32.6 Å². The number of nitrogens with zero attached hydrogens (tertiary/aromatic N) is 1. The maximum Gasteiger partial charge on any atom is 0.419 e. The lowest BCUT2D eigenvalue weighted by Gasteiger charge is -2.37. The predicted octanol–water partition coefficient (Wildman–Crippen LogP) is 7.18. The molecule has 1 heterocycles. The second-order valence-electron chi connectivity index (χ2n) is 10.7. The summed E-state index contributed by atoms with van der Waals surface area (Å²) < 4.78 is 47.4. The minimum Gasteiger partial charge on any atom is -0.489 e. The van der Waals surface area contributed by atoms with Crippen molar-refractivity contribution in [1.29, 1.82) is 0 Å². The van der Waals surface area contributed by atoms with Gasteiger partial charge in [-0.2, -0.15) is 0 Å². The Bertz CT molecular complexity index is 1320. The highest BCUT2D eigenvalue weighted by Gasteiger charge is 2.43. The first kappa shape index (κ1) is 26.6. The van der Waals surface area contributed by atoms with Crippen molar-refractivity contribution >= 4 is 23.0 Å². The number of ether oxygens (including phenoxy) is 3. The molecule has 1 unspecified atom stereocenters. The average Bonchev–Trinajstić information content (AvgIpc) is 3.27. The summed E-state index contributed by atoms with van der Waals surface area (Å²) in [5.41, 5.74) is 2.75. The highest BCUT2D eigenvalue weighted by atomic mass is 19.3. The van der Waals surface area contributed by atoms with Gasteiger partial charge in [-0.15, -0.1) is 0 Å². The van der Waals surface area contributed by atoms with Gasteiger partial charge in [0.25, 0.3) is 0 Å². The van der Waals surface area contributed by atoms with Gasteiger partial charge in [0.05, 0.1) is 18.2 Å². The van der Waals surface area contributed by atoms with Crippen molar-refractivity contribution in [2.75, 3.05) is 7.11 Å². The molecule has 0 spiro atoms. The number of fused-ring (bicyclic) bond motifs is 1. The summed E-state index contributed by atoms with van der Waals surface area (Å²) in [6, 6.07) is 10.3. The Kier molecular flexibility index (Phi) is 7.06. The van der Waals surface area contributed by atoms with Crippen LogP contribution in [0.4, 0.5) is 13.6 Å². The number of halogens is 2. The molecule has 8 heteroatoms. The molecular formula is C29H33F2NO5. The van der Waals surface area contributed by atoms with Gasteiger partial charge in [0, 0.05) is 30.3 Å². The van der Waals surface area contributed by atoms with Gasteiger partial charge < -0.3 is 14.2 Å². The summed E-state index contributed by atoms with van der Waals surface area (Å²) in [7, 11) is 1.29. The summed E-state index contributed by atoms with van der Waals surface area (Å²) >= 11 is 0. The second-order valence-corrected chi connectivity index (χ2v) is 10.7. The van der Waals surface area contributed by atoms with Crippen LogP contribution in [0.15, 0.2) is 42.6 Å². The van der Waals surface area contributed by atoms with Crippen molar-refractivity contribution in [3.8, 4) is 5.75 Å². The van der Waals surface area contributed by atoms with Gasteiger partial charge in [0.1, 0.15) is 17.5 Å². The molecule has 0 N–H and O–H groups in total. The van der Waals surface area contributed by atoms with Crippen LogP contribution in [0.25, 0.3) is 10.9 Å². The molecule has 1 saturated carbocycles. The number of hydrogen-bond acceptors (Lipinski definition) is 5. The van der Waals surface area contributed by atoms with E-state index in [1.165, 1.54) is 11.7 Å². The molecule has 1 aliphatic rings. The number of rotatable bonds is 4. The first-order valence-electron chi connectivity index (χ1n) is 12.4. The van der Waals surface area contributed by atoms with Crippen molar-refractivity contribution in [3.63, 3.8) is 0 Å². The van der Waals surface area contributed by atoms with Crippen LogP contribution in [0.2, 0.25) is 0 Å². The van der Waals surface area contributed by atoms with Gasteiger partial charge in [0.2, 0.25) is 5.92 Å². The molecule has 0 saturated heterocycles. The molecule has 0 radical (unpaired) electrons. The topological polar surface area (TPSA) is 66.8 Å². The highest BCUT2D eigenvalue weighted by molar-refractivity contribution is 5.96. The summed E-state index contributed by atoms with van der Waals surface area (Å²) in [5.74, 6) is -3.32. The van der Waals surface area contributed by atoms with Crippen molar-refractivity contribution in [1.82, 2.24) is 4.57 Å². The Balaban J connectivity index is 1.71. The molecule has 37 heavy (non-hydrogen) atoms. The average molecular weight is 514 g/mol. The molecule has 0 aliphatic heterocycles. The monoisotopic (exact) mass is 513 g/mol. The largest absolute Gasteiger partial charge is 0.489 e. The van der Waals surface area contributed by atoms with Crippen LogP contribution in [-0.4, -0.2) is 41.4 Å². The van der Waals surface area contributed by atoms with E-state index in [2.05, 4.69) is 0 Å². The number of carbonyl (C=O) groups is 2. The van der Waals surface area contributed by atoms with Crippen LogP contribution in [0.1, 0.15) is 73.0 Å². The standard InChI is InChI=1S/C29H33F2NO5/c1-17-15-18(2)25(21-12-14-32(24(17)21)27(34)37-28(3,4)5)36-23-11-13-29(30,31)16-22(23)19-7-9-20(10-8-19)26(33)35-6/h7-10,12,14-15,22-23H,11,13,16H2,1-6H3/t22?,23-/m1/s1. The summed E-state index contributed by atoms with van der Waals surface area (Å²) in [4.78, 5) is 24.7. The number of benzene rings is 2. The van der Waals surface area contributed by atoms with Crippen LogP contribution in [0, 0.1) is 13.8 Å². The molecule has 198 valence electrons. The molecule has 2 atom stereocenters. The zero-order chi connectivity index (χ0) is 27.1. The van der Waals surface area contributed by atoms with Gasteiger partial charge in [-0.3, -0.25) is 4.57 Å². The molecule has 0 amide bonds. The van der Waals surface area contributed by atoms with Gasteiger partial charge in [0.15, 0.2) is 0 Å². The molecular weight excluding hydrogens is 480 g/mol. The van der Waals surface area contributed by atoms with E-state index in [0.717, 1.165) is 16.5 Å². The predicted molar refractivity (Wildman–Crippen MR) is 137 cm³/mol. The lowest BCUT2D eigenvalue weighted by Crippen LogP contribution is -2.37. The Hall–Kier alpha value is -3.42. The Morgan fingerprint density at radius 3 is 2.35 bits per heavy atom. The molecule has 1 aromatic heterocycles. The number of carbonyl (C=O) groups excluding carboxylic acids is 2. The van der Waals surface area contributed by atoms with Gasteiger partial charge >= 0.3 is 12.1 Å². The fourth-order valence-electron chi connectivity index (χ4n) is 5.03. The summed E-state index contributed by atoms with van der Waals surface area (Å²) in [6.07, 6.45) is 0.164. The molecule has 0 bridgehead atoms.